The molecule has 29 heavy (non-hydrogen) atoms. The minimum atomic E-state index is -1.06. The molecule has 0 spiro atoms. The molecule has 1 aromatic carbocycles. The topological polar surface area (TPSA) is 100 Å². The third-order valence-electron chi connectivity index (χ3n) is 4.30. The maximum Gasteiger partial charge on any atom is 0.162 e. The predicted molar refractivity (Wildman–Crippen MR) is 111 cm³/mol. The number of hydrogen-bond donors (Lipinski definition) is 3. The van der Waals surface area contributed by atoms with Gasteiger partial charge >= 0.3 is 0 Å². The van der Waals surface area contributed by atoms with E-state index in [1.54, 1.807) is 66.0 Å². The number of aliphatic hydroxyl groups is 2. The van der Waals surface area contributed by atoms with Gasteiger partial charge in [-0.25, -0.2) is 9.50 Å². The highest BCUT2D eigenvalue weighted by Gasteiger charge is 2.21. The normalized spacial score (nSPS) is 13.0. The van der Waals surface area contributed by atoms with Gasteiger partial charge in [0.05, 0.1) is 29.6 Å². The third kappa shape index (κ3) is 4.24. The van der Waals surface area contributed by atoms with Gasteiger partial charge in [0, 0.05) is 29.2 Å². The molecule has 0 aliphatic rings. The molecule has 0 fully saturated rings. The van der Waals surface area contributed by atoms with Crippen molar-refractivity contribution in [2.45, 2.75) is 32.2 Å². The van der Waals surface area contributed by atoms with E-state index in [9.17, 15) is 10.2 Å². The number of anilines is 1. The molecule has 3 aromatic heterocycles. The Morgan fingerprint density at radius 1 is 1.28 bits per heavy atom. The molecule has 0 aliphatic carbocycles. The van der Waals surface area contributed by atoms with Crippen molar-refractivity contribution in [3.05, 3.63) is 65.7 Å². The molecule has 4 aromatic rings. The van der Waals surface area contributed by atoms with Crippen LogP contribution in [-0.4, -0.2) is 40.2 Å². The lowest BCUT2D eigenvalue weighted by atomic mass is 10.1. The Kier molecular flexibility index (Phi) is 4.99. The second-order valence-electron chi connectivity index (χ2n) is 7.45. The highest BCUT2D eigenvalue weighted by atomic mass is 35.5. The first-order chi connectivity index (χ1) is 13.8. The van der Waals surface area contributed by atoms with Crippen LogP contribution in [0.25, 0.3) is 16.9 Å². The van der Waals surface area contributed by atoms with E-state index in [2.05, 4.69) is 20.5 Å². The van der Waals surface area contributed by atoms with Gasteiger partial charge in [-0.15, -0.1) is 0 Å². The number of nitrogens with zero attached hydrogens (tertiary/aromatic N) is 5. The summed E-state index contributed by atoms with van der Waals surface area (Å²) in [5, 5.41) is 33.4. The minimum absolute atomic E-state index is 0.288. The van der Waals surface area contributed by atoms with Crippen LogP contribution in [0.5, 0.6) is 0 Å². The first-order valence-corrected chi connectivity index (χ1v) is 9.46. The number of hydrogen-bond acceptors (Lipinski definition) is 6. The summed E-state index contributed by atoms with van der Waals surface area (Å²) in [6, 6.07) is 9.07. The molecule has 8 nitrogen and oxygen atoms in total. The summed E-state index contributed by atoms with van der Waals surface area (Å²) >= 11 is 6.15. The highest BCUT2D eigenvalue weighted by molar-refractivity contribution is 6.30. The van der Waals surface area contributed by atoms with Crippen LogP contribution in [0.1, 0.15) is 25.6 Å². The van der Waals surface area contributed by atoms with E-state index in [1.165, 1.54) is 0 Å². The minimum Gasteiger partial charge on any atom is -0.389 e. The van der Waals surface area contributed by atoms with Gasteiger partial charge < -0.3 is 15.5 Å². The molecule has 1 atom stereocenters. The van der Waals surface area contributed by atoms with E-state index in [-0.39, 0.29) is 6.54 Å². The van der Waals surface area contributed by atoms with Crippen molar-refractivity contribution in [3.8, 4) is 11.3 Å². The van der Waals surface area contributed by atoms with Crippen LogP contribution in [0, 0.1) is 0 Å². The molecule has 0 saturated heterocycles. The summed E-state index contributed by atoms with van der Waals surface area (Å²) in [7, 11) is 0. The summed E-state index contributed by atoms with van der Waals surface area (Å²) in [5.41, 5.74) is 2.15. The zero-order valence-electron chi connectivity index (χ0n) is 16.0. The molecular formula is C20H21ClN6O2. The molecule has 3 heterocycles. The first kappa shape index (κ1) is 19.4. The predicted octanol–water partition coefficient (Wildman–Crippen LogP) is 3.12. The summed E-state index contributed by atoms with van der Waals surface area (Å²) in [6.45, 7) is 3.71. The number of benzene rings is 1. The Bertz CT molecular complexity index is 1150. The second-order valence-corrected chi connectivity index (χ2v) is 7.88. The fourth-order valence-electron chi connectivity index (χ4n) is 3.12. The van der Waals surface area contributed by atoms with Gasteiger partial charge in [0.1, 0.15) is 5.69 Å². The van der Waals surface area contributed by atoms with Crippen molar-refractivity contribution in [1.29, 1.82) is 0 Å². The van der Waals surface area contributed by atoms with Crippen LogP contribution in [0.15, 0.2) is 55.1 Å². The van der Waals surface area contributed by atoms with Crippen molar-refractivity contribution in [3.63, 3.8) is 0 Å². The summed E-state index contributed by atoms with van der Waals surface area (Å²) in [5.74, 6) is 0. The average molecular weight is 413 g/mol. The number of rotatable bonds is 6. The van der Waals surface area contributed by atoms with Crippen molar-refractivity contribution in [2.24, 2.45) is 0 Å². The molecule has 3 N–H and O–H groups in total. The van der Waals surface area contributed by atoms with Gasteiger partial charge in [-0.2, -0.15) is 10.2 Å². The number of nitrogens with one attached hydrogen (secondary N) is 1. The molecule has 0 radical (unpaired) electrons. The van der Waals surface area contributed by atoms with Crippen LogP contribution < -0.4 is 5.32 Å². The molecular weight excluding hydrogens is 392 g/mol. The van der Waals surface area contributed by atoms with E-state index in [0.717, 1.165) is 5.56 Å². The quantitative estimate of drug-likeness (QED) is 0.421. The molecule has 4 rings (SSSR count). The van der Waals surface area contributed by atoms with Gasteiger partial charge in [-0.3, -0.25) is 4.68 Å². The Hall–Kier alpha value is -2.94. The summed E-state index contributed by atoms with van der Waals surface area (Å²) in [4.78, 5) is 4.28. The monoisotopic (exact) mass is 412 g/mol. The Morgan fingerprint density at radius 2 is 2.10 bits per heavy atom. The van der Waals surface area contributed by atoms with Crippen LogP contribution in [0.3, 0.4) is 0 Å². The van der Waals surface area contributed by atoms with Crippen molar-refractivity contribution >= 4 is 22.9 Å². The summed E-state index contributed by atoms with van der Waals surface area (Å²) < 4.78 is 3.23. The van der Waals surface area contributed by atoms with Gasteiger partial charge in [0.15, 0.2) is 11.9 Å². The van der Waals surface area contributed by atoms with Crippen LogP contribution >= 0.6 is 11.6 Å². The van der Waals surface area contributed by atoms with E-state index in [1.807, 2.05) is 12.1 Å². The van der Waals surface area contributed by atoms with Crippen LogP contribution in [-0.2, 0) is 6.54 Å². The average Bonchev–Trinajstić information content (AvgIpc) is 3.24. The van der Waals surface area contributed by atoms with Crippen LogP contribution in [0.2, 0.25) is 5.02 Å². The number of aliphatic hydroxyl groups excluding tert-OH is 1. The van der Waals surface area contributed by atoms with Crippen molar-refractivity contribution in [1.82, 2.24) is 24.4 Å². The van der Waals surface area contributed by atoms with Crippen LogP contribution in [0.4, 0.5) is 5.69 Å². The van der Waals surface area contributed by atoms with E-state index in [0.29, 0.717) is 27.6 Å². The number of fused-ring (bicyclic) bond motifs is 1. The number of aromatic nitrogens is 5. The molecule has 150 valence electrons. The Labute approximate surface area is 172 Å². The van der Waals surface area contributed by atoms with E-state index < -0.39 is 11.8 Å². The zero-order valence-corrected chi connectivity index (χ0v) is 16.7. The van der Waals surface area contributed by atoms with Gasteiger partial charge in [-0.05, 0) is 32.0 Å². The molecule has 0 bridgehead atoms. The molecule has 1 unspecified atom stereocenters. The van der Waals surface area contributed by atoms with Gasteiger partial charge in [-0.1, -0.05) is 23.7 Å². The van der Waals surface area contributed by atoms with Gasteiger partial charge in [0.25, 0.3) is 0 Å². The highest BCUT2D eigenvalue weighted by Crippen LogP contribution is 2.31. The summed E-state index contributed by atoms with van der Waals surface area (Å²) in [6.07, 6.45) is 5.67. The maximum absolute atomic E-state index is 10.8. The SMILES string of the molecule is CC(C)(O)Cn1cc(NC(O)c2cnn3cccnc23)c(-c2cccc(Cl)c2)n1. The van der Waals surface area contributed by atoms with Crippen molar-refractivity contribution in [2.75, 3.05) is 5.32 Å². The second kappa shape index (κ2) is 7.47. The largest absolute Gasteiger partial charge is 0.389 e. The lowest BCUT2D eigenvalue weighted by molar-refractivity contribution is 0.0578. The molecule has 0 aliphatic heterocycles. The van der Waals surface area contributed by atoms with E-state index >= 15 is 0 Å². The molecule has 0 amide bonds. The standard InChI is InChI=1S/C20H21ClN6O2/c1-20(2,29)12-26-11-16(17(25-26)13-5-3-6-14(21)9-13)24-19(28)15-10-23-27-8-4-7-22-18(15)27/h3-11,19,24,28-29H,12H2,1-2H3. The number of halogens is 1. The third-order valence-corrected chi connectivity index (χ3v) is 4.54. The first-order valence-electron chi connectivity index (χ1n) is 9.09. The Balaban J connectivity index is 1.71. The lowest BCUT2D eigenvalue weighted by Gasteiger charge is -2.16. The molecule has 9 heteroatoms. The van der Waals surface area contributed by atoms with Crippen molar-refractivity contribution < 1.29 is 10.2 Å². The molecule has 0 saturated carbocycles. The lowest BCUT2D eigenvalue weighted by Crippen LogP contribution is -2.26. The van der Waals surface area contributed by atoms with Gasteiger partial charge in [0.2, 0.25) is 0 Å². The fraction of sp³-hybridized carbons (Fsp3) is 0.250. The smallest absolute Gasteiger partial charge is 0.162 e. The Morgan fingerprint density at radius 3 is 2.86 bits per heavy atom. The van der Waals surface area contributed by atoms with E-state index in [4.69, 9.17) is 11.6 Å². The fourth-order valence-corrected chi connectivity index (χ4v) is 3.31. The maximum atomic E-state index is 10.8. The zero-order chi connectivity index (χ0) is 20.6.